The first kappa shape index (κ1) is 15.9. The Kier molecular flexibility index (Phi) is 4.69. The van der Waals surface area contributed by atoms with E-state index in [0.717, 1.165) is 5.69 Å². The van der Waals surface area contributed by atoms with Crippen LogP contribution in [0.5, 0.6) is 0 Å². The molecule has 0 spiro atoms. The van der Waals surface area contributed by atoms with Gasteiger partial charge in [0.15, 0.2) is 5.82 Å². The monoisotopic (exact) mass is 305 g/mol. The largest absolute Gasteiger partial charge is 0.360 e. The summed E-state index contributed by atoms with van der Waals surface area (Å²) in [6.45, 7) is 7.46. The number of Topliss-reactive ketones (excluding diaryl/α,β-unsaturated/α-hetero) is 1. The second-order valence-corrected chi connectivity index (χ2v) is 5.45. The van der Waals surface area contributed by atoms with Crippen LogP contribution in [0.1, 0.15) is 43.8 Å². The van der Waals surface area contributed by atoms with Gasteiger partial charge >= 0.3 is 0 Å². The van der Waals surface area contributed by atoms with Crippen LogP contribution in [0.25, 0.3) is 0 Å². The summed E-state index contributed by atoms with van der Waals surface area (Å²) in [7, 11) is 0. The number of hydrogen-bond donors (Lipinski definition) is 1. The highest BCUT2D eigenvalue weighted by atomic mass is 16.6. The van der Waals surface area contributed by atoms with Crippen molar-refractivity contribution < 1.29 is 9.42 Å². The zero-order valence-electron chi connectivity index (χ0n) is 13.1. The molecule has 2 aromatic rings. The lowest BCUT2D eigenvalue weighted by atomic mass is 10.1. The quantitative estimate of drug-likeness (QED) is 0.856. The number of carbonyl (C=O) groups is 1. The maximum Gasteiger partial charge on any atom is 0.293 e. The second kappa shape index (κ2) is 6.50. The van der Waals surface area contributed by atoms with E-state index in [0.29, 0.717) is 11.4 Å². The first-order valence-electron chi connectivity index (χ1n) is 7.01. The Bertz CT molecular complexity index is 732. The molecule has 8 nitrogen and oxygen atoms in total. The van der Waals surface area contributed by atoms with Gasteiger partial charge in [0.2, 0.25) is 0 Å². The maximum atomic E-state index is 12.3. The molecule has 0 aliphatic carbocycles. The summed E-state index contributed by atoms with van der Waals surface area (Å²) in [6, 6.07) is 0. The Morgan fingerprint density at radius 1 is 1.41 bits per heavy atom. The third-order valence-corrected chi connectivity index (χ3v) is 3.15. The van der Waals surface area contributed by atoms with Gasteiger partial charge in [0.25, 0.3) is 5.56 Å². The molecule has 0 unspecified atom stereocenters. The summed E-state index contributed by atoms with van der Waals surface area (Å²) < 4.78 is 5.99. The Hall–Kier alpha value is -2.51. The van der Waals surface area contributed by atoms with Gasteiger partial charge in [-0.1, -0.05) is 24.2 Å². The Labute approximate surface area is 127 Å². The molecule has 8 heteroatoms. The van der Waals surface area contributed by atoms with Crippen molar-refractivity contribution in [2.45, 2.75) is 46.7 Å². The van der Waals surface area contributed by atoms with E-state index >= 15 is 0 Å². The van der Waals surface area contributed by atoms with E-state index in [-0.39, 0.29) is 36.2 Å². The fourth-order valence-corrected chi connectivity index (χ4v) is 1.89. The molecule has 2 heterocycles. The SMILES string of the molecule is CC(=O)Cn1cc(C(C)C)nc(NCc2nonc2C)c1=O. The van der Waals surface area contributed by atoms with Gasteiger partial charge in [-0.15, -0.1) is 0 Å². The van der Waals surface area contributed by atoms with E-state index in [2.05, 4.69) is 25.2 Å². The summed E-state index contributed by atoms with van der Waals surface area (Å²) in [6.07, 6.45) is 1.63. The number of hydrogen-bond acceptors (Lipinski definition) is 7. The molecule has 118 valence electrons. The molecule has 0 aliphatic heterocycles. The van der Waals surface area contributed by atoms with Crippen molar-refractivity contribution in [3.63, 3.8) is 0 Å². The summed E-state index contributed by atoms with van der Waals surface area (Å²) in [5.41, 5.74) is 1.65. The van der Waals surface area contributed by atoms with Gasteiger partial charge in [-0.05, 0) is 19.8 Å². The average molecular weight is 305 g/mol. The molecule has 0 amide bonds. The minimum Gasteiger partial charge on any atom is -0.360 e. The highest BCUT2D eigenvalue weighted by Crippen LogP contribution is 2.12. The maximum absolute atomic E-state index is 12.3. The van der Waals surface area contributed by atoms with Crippen molar-refractivity contribution in [2.24, 2.45) is 0 Å². The highest BCUT2D eigenvalue weighted by molar-refractivity contribution is 5.75. The van der Waals surface area contributed by atoms with Gasteiger partial charge in [0.1, 0.15) is 17.2 Å². The fraction of sp³-hybridized carbons (Fsp3) is 0.500. The molecule has 0 fully saturated rings. The smallest absolute Gasteiger partial charge is 0.293 e. The molecule has 0 saturated carbocycles. The lowest BCUT2D eigenvalue weighted by molar-refractivity contribution is -0.117. The summed E-state index contributed by atoms with van der Waals surface area (Å²) in [5, 5.41) is 10.4. The first-order valence-corrected chi connectivity index (χ1v) is 7.01. The third-order valence-electron chi connectivity index (χ3n) is 3.15. The Balaban J connectivity index is 2.32. The number of rotatable bonds is 6. The molecule has 0 saturated heterocycles. The first-order chi connectivity index (χ1) is 10.4. The third kappa shape index (κ3) is 3.57. The molecular formula is C14H19N5O3. The van der Waals surface area contributed by atoms with E-state index in [1.165, 1.54) is 11.5 Å². The Morgan fingerprint density at radius 2 is 2.14 bits per heavy atom. The van der Waals surface area contributed by atoms with E-state index in [1.54, 1.807) is 13.1 Å². The summed E-state index contributed by atoms with van der Waals surface area (Å²) in [5.74, 6) is 0.232. The van der Waals surface area contributed by atoms with Crippen LogP contribution in [-0.2, 0) is 17.9 Å². The molecule has 1 N–H and O–H groups in total. The molecule has 0 aliphatic rings. The molecule has 0 bridgehead atoms. The van der Waals surface area contributed by atoms with Crippen molar-refractivity contribution in [1.29, 1.82) is 0 Å². The zero-order valence-corrected chi connectivity index (χ0v) is 13.1. The lowest BCUT2D eigenvalue weighted by Crippen LogP contribution is -2.28. The predicted octanol–water partition coefficient (Wildman–Crippen LogP) is 1.26. The molecule has 0 aromatic carbocycles. The van der Waals surface area contributed by atoms with E-state index in [1.807, 2.05) is 13.8 Å². The fourth-order valence-electron chi connectivity index (χ4n) is 1.89. The number of aryl methyl sites for hydroxylation is 1. The van der Waals surface area contributed by atoms with Crippen LogP contribution in [0.3, 0.4) is 0 Å². The van der Waals surface area contributed by atoms with Crippen molar-refractivity contribution >= 4 is 11.6 Å². The predicted molar refractivity (Wildman–Crippen MR) is 79.6 cm³/mol. The van der Waals surface area contributed by atoms with Crippen LogP contribution in [0, 0.1) is 6.92 Å². The van der Waals surface area contributed by atoms with Crippen LogP contribution < -0.4 is 10.9 Å². The molecule has 22 heavy (non-hydrogen) atoms. The topological polar surface area (TPSA) is 103 Å². The minimum atomic E-state index is -0.339. The Morgan fingerprint density at radius 3 is 2.68 bits per heavy atom. The van der Waals surface area contributed by atoms with Crippen molar-refractivity contribution in [3.05, 3.63) is 33.6 Å². The van der Waals surface area contributed by atoms with Gasteiger partial charge in [-0.3, -0.25) is 9.59 Å². The van der Waals surface area contributed by atoms with Crippen molar-refractivity contribution in [1.82, 2.24) is 19.9 Å². The van der Waals surface area contributed by atoms with E-state index < -0.39 is 0 Å². The van der Waals surface area contributed by atoms with Crippen LogP contribution in [-0.4, -0.2) is 25.6 Å². The van der Waals surface area contributed by atoms with Crippen LogP contribution in [0.2, 0.25) is 0 Å². The summed E-state index contributed by atoms with van der Waals surface area (Å²) >= 11 is 0. The lowest BCUT2D eigenvalue weighted by Gasteiger charge is -2.12. The van der Waals surface area contributed by atoms with Gasteiger partial charge < -0.3 is 9.88 Å². The summed E-state index contributed by atoms with van der Waals surface area (Å²) in [4.78, 5) is 28.0. The molecular weight excluding hydrogens is 286 g/mol. The van der Waals surface area contributed by atoms with E-state index in [4.69, 9.17) is 0 Å². The zero-order chi connectivity index (χ0) is 16.3. The van der Waals surface area contributed by atoms with Crippen LogP contribution in [0.15, 0.2) is 15.6 Å². The molecule has 2 rings (SSSR count). The highest BCUT2D eigenvalue weighted by Gasteiger charge is 2.13. The van der Waals surface area contributed by atoms with Gasteiger partial charge in [0, 0.05) is 6.20 Å². The number of nitrogens with one attached hydrogen (secondary N) is 1. The number of ketones is 1. The van der Waals surface area contributed by atoms with Crippen molar-refractivity contribution in [2.75, 3.05) is 5.32 Å². The van der Waals surface area contributed by atoms with E-state index in [9.17, 15) is 9.59 Å². The average Bonchev–Trinajstić information content (AvgIpc) is 2.84. The standard InChI is InChI=1S/C14H19N5O3/c1-8(2)12-7-19(6-9(3)20)14(21)13(16-12)15-5-11-10(4)17-22-18-11/h7-8H,5-6H2,1-4H3,(H,15,16). The molecule has 0 radical (unpaired) electrons. The minimum absolute atomic E-state index is 0.0281. The van der Waals surface area contributed by atoms with Gasteiger partial charge in [-0.25, -0.2) is 9.61 Å². The normalized spacial score (nSPS) is 11.0. The van der Waals surface area contributed by atoms with Crippen molar-refractivity contribution in [3.8, 4) is 0 Å². The van der Waals surface area contributed by atoms with Gasteiger partial charge in [0.05, 0.1) is 18.8 Å². The van der Waals surface area contributed by atoms with Crippen LogP contribution in [0.4, 0.5) is 5.82 Å². The number of nitrogens with zero attached hydrogens (tertiary/aromatic N) is 4. The van der Waals surface area contributed by atoms with Gasteiger partial charge in [-0.2, -0.15) is 0 Å². The molecule has 2 aromatic heterocycles. The number of carbonyl (C=O) groups excluding carboxylic acids is 1. The number of aromatic nitrogens is 4. The van der Waals surface area contributed by atoms with Crippen LogP contribution >= 0.6 is 0 Å². The number of anilines is 1. The molecule has 0 atom stereocenters. The second-order valence-electron chi connectivity index (χ2n) is 5.45.